The molecule has 0 spiro atoms. The van der Waals surface area contributed by atoms with E-state index in [-0.39, 0.29) is 0 Å². The minimum Gasteiger partial charge on any atom is -0.496 e. The normalized spacial score (nSPS) is 10.2. The first-order valence-electron chi connectivity index (χ1n) is 32.0. The molecule has 0 aliphatic heterocycles. The quantitative estimate of drug-likeness (QED) is 0.139. The zero-order valence-corrected chi connectivity index (χ0v) is 61.9. The third-order valence-electron chi connectivity index (χ3n) is 16.4. The van der Waals surface area contributed by atoms with Gasteiger partial charge in [0.1, 0.15) is 23.0 Å². The van der Waals surface area contributed by atoms with E-state index in [2.05, 4.69) is 280 Å². The molecule has 14 aromatic carbocycles. The number of benzene rings is 14. The molecule has 0 radical (unpaired) electrons. The Bertz CT molecular complexity index is 4280. The van der Waals surface area contributed by atoms with Gasteiger partial charge in [0, 0.05) is 19.6 Å². The van der Waals surface area contributed by atoms with Gasteiger partial charge in [-0.1, -0.05) is 206 Å². The summed E-state index contributed by atoms with van der Waals surface area (Å²) in [7, 11) is 6.80. The summed E-state index contributed by atoms with van der Waals surface area (Å²) in [4.78, 5) is 5.49. The molecule has 0 N–H and O–H groups in total. The Morgan fingerprint density at radius 3 is 0.854 bits per heavy atom. The molecule has 4 nitrogen and oxygen atoms in total. The van der Waals surface area contributed by atoms with Crippen LogP contribution in [0.15, 0.2) is 287 Å². The van der Waals surface area contributed by atoms with Crippen molar-refractivity contribution in [3.63, 3.8) is 0 Å². The fourth-order valence-corrected chi connectivity index (χ4v) is 13.5. The molecule has 8 heteroatoms. The molecule has 0 amide bonds. The van der Waals surface area contributed by atoms with E-state index in [1.54, 1.807) is 40.2 Å². The fraction of sp³-hybridized carbons (Fsp3) is 0.182. The molecule has 0 fully saturated rings. The summed E-state index contributed by atoms with van der Waals surface area (Å²) in [6, 6.07) is 92.7. The molecule has 0 heterocycles. The van der Waals surface area contributed by atoms with Crippen LogP contribution in [0.2, 0.25) is 0 Å². The molecule has 14 aromatic rings. The number of fused-ring (bicyclic) bond motifs is 6. The Morgan fingerprint density at radius 2 is 0.500 bits per heavy atom. The maximum absolute atomic E-state index is 5.25. The zero-order chi connectivity index (χ0) is 68.9. The molecule has 0 unspecified atom stereocenters. The molecular weight excluding hydrogens is 1250 g/mol. The maximum atomic E-state index is 5.25. The topological polar surface area (TPSA) is 36.9 Å². The van der Waals surface area contributed by atoms with Crippen molar-refractivity contribution in [1.82, 2.24) is 0 Å². The first kappa shape index (κ1) is 74.6. The molecule has 492 valence electrons. The van der Waals surface area contributed by atoms with Gasteiger partial charge < -0.3 is 18.9 Å². The number of rotatable bonds is 8. The summed E-state index contributed by atoms with van der Waals surface area (Å²) in [5.74, 6) is 3.83. The van der Waals surface area contributed by atoms with Crippen molar-refractivity contribution in [1.29, 1.82) is 0 Å². The number of aryl methyl sites for hydroxylation is 8. The van der Waals surface area contributed by atoms with Crippen molar-refractivity contribution in [2.75, 3.05) is 53.5 Å². The summed E-state index contributed by atoms with van der Waals surface area (Å²) >= 11 is 7.23. The van der Waals surface area contributed by atoms with Gasteiger partial charge >= 0.3 is 0 Å². The number of hydrogen-bond acceptors (Lipinski definition) is 8. The highest BCUT2D eigenvalue weighted by Gasteiger charge is 2.06. The third kappa shape index (κ3) is 21.1. The van der Waals surface area contributed by atoms with Gasteiger partial charge in [-0.25, -0.2) is 0 Å². The van der Waals surface area contributed by atoms with Crippen LogP contribution < -0.4 is 18.9 Å². The summed E-state index contributed by atoms with van der Waals surface area (Å²) in [5.41, 5.74) is 10.2. The molecule has 96 heavy (non-hydrogen) atoms. The van der Waals surface area contributed by atoms with Crippen LogP contribution in [0.25, 0.3) is 64.6 Å². The second-order valence-electron chi connectivity index (χ2n) is 22.8. The molecule has 0 aromatic heterocycles. The summed E-state index contributed by atoms with van der Waals surface area (Å²) in [6.45, 7) is 16.9. The zero-order valence-electron chi connectivity index (χ0n) is 58.7. The Balaban J connectivity index is 0.000000155. The summed E-state index contributed by atoms with van der Waals surface area (Å²) in [5, 5.41) is 15.5. The standard InChI is InChI=1S/3C12H12O.3C12H12S.C8H10O.C8H10S/c2*1-9-7-10-5-3-4-6-11(10)8-12(9)13-2;1-9-11-6-4-3-5-10(11)7-8-12(9)13-2;2*1-9-7-10-5-3-4-6-11(10)8-12(9)13-2;1-9-11-6-4-3-5-10(11)7-8-12(9)13-2;2*1-7-5-3-4-6-8(7)9-2/h6*3-8H,1-2H3;2*3-6H,1-2H3. The minimum atomic E-state index is 0.956. The van der Waals surface area contributed by atoms with E-state index < -0.39 is 0 Å². The molecule has 0 saturated heterocycles. The van der Waals surface area contributed by atoms with Crippen molar-refractivity contribution in [2.45, 2.75) is 75.0 Å². The SMILES string of the molecule is COc1cc2ccccc2cc1C.COc1cc2ccccc2cc1C.COc1ccc2ccccc2c1C.COc1ccccc1C.CSc1cc2ccccc2cc1C.CSc1cc2ccccc2cc1C.CSc1ccc2ccccc2c1C.CSc1ccccc1C. The van der Waals surface area contributed by atoms with Crippen LogP contribution in [0.4, 0.5) is 0 Å². The van der Waals surface area contributed by atoms with E-state index in [4.69, 9.17) is 18.9 Å². The van der Waals surface area contributed by atoms with E-state index in [9.17, 15) is 0 Å². The van der Waals surface area contributed by atoms with E-state index >= 15 is 0 Å². The molecule has 14 rings (SSSR count). The molecule has 0 aliphatic carbocycles. The van der Waals surface area contributed by atoms with Crippen molar-refractivity contribution in [3.05, 3.63) is 311 Å². The van der Waals surface area contributed by atoms with Crippen LogP contribution in [-0.4, -0.2) is 53.5 Å². The van der Waals surface area contributed by atoms with Gasteiger partial charge in [-0.15, -0.1) is 47.0 Å². The van der Waals surface area contributed by atoms with Crippen LogP contribution in [0.5, 0.6) is 23.0 Å². The highest BCUT2D eigenvalue weighted by Crippen LogP contribution is 2.31. The van der Waals surface area contributed by atoms with E-state index in [0.29, 0.717) is 0 Å². The van der Waals surface area contributed by atoms with Crippen LogP contribution in [-0.2, 0) is 0 Å². The lowest BCUT2D eigenvalue weighted by Crippen LogP contribution is -1.87. The number of thioether (sulfide) groups is 4. The Hall–Kier alpha value is -8.76. The number of methoxy groups -OCH3 is 4. The first-order chi connectivity index (χ1) is 46.6. The average Bonchev–Trinajstić information content (AvgIpc) is 0.997. The second-order valence-corrected chi connectivity index (χ2v) is 26.2. The summed E-state index contributed by atoms with van der Waals surface area (Å²) in [6.07, 6.45) is 8.47. The first-order valence-corrected chi connectivity index (χ1v) is 36.9. The van der Waals surface area contributed by atoms with Crippen LogP contribution in [0.1, 0.15) is 44.5 Å². The molecule has 0 aliphatic rings. The molecular formula is C88H92O4S4. The predicted molar refractivity (Wildman–Crippen MR) is 428 cm³/mol. The number of ether oxygens (including phenoxy) is 4. The predicted octanol–water partition coefficient (Wildman–Crippen LogP) is 25.8. The average molecular weight is 1340 g/mol. The smallest absolute Gasteiger partial charge is 0.122 e. The largest absolute Gasteiger partial charge is 0.496 e. The van der Waals surface area contributed by atoms with Gasteiger partial charge in [-0.2, -0.15) is 0 Å². The van der Waals surface area contributed by atoms with Crippen LogP contribution in [0.3, 0.4) is 0 Å². The third-order valence-corrected chi connectivity index (χ3v) is 20.0. The van der Waals surface area contributed by atoms with Crippen LogP contribution in [0, 0.1) is 55.4 Å². The monoisotopic (exact) mass is 1340 g/mol. The molecule has 0 atom stereocenters. The van der Waals surface area contributed by atoms with Gasteiger partial charge in [0.2, 0.25) is 0 Å². The fourth-order valence-electron chi connectivity index (χ4n) is 11.0. The lowest BCUT2D eigenvalue weighted by Gasteiger charge is -2.07. The van der Waals surface area contributed by atoms with Gasteiger partial charge in [0.05, 0.1) is 28.4 Å². The van der Waals surface area contributed by atoms with Gasteiger partial charge in [-0.3, -0.25) is 0 Å². The van der Waals surface area contributed by atoms with Crippen molar-refractivity contribution in [3.8, 4) is 23.0 Å². The van der Waals surface area contributed by atoms with E-state index in [0.717, 1.165) is 23.0 Å². The Morgan fingerprint density at radius 1 is 0.198 bits per heavy atom. The summed E-state index contributed by atoms with van der Waals surface area (Å²) < 4.78 is 20.8. The van der Waals surface area contributed by atoms with Gasteiger partial charge in [-0.05, 0) is 250 Å². The van der Waals surface area contributed by atoms with Gasteiger partial charge in [0.25, 0.3) is 0 Å². The molecule has 0 bridgehead atoms. The lowest BCUT2D eigenvalue weighted by molar-refractivity contribution is 0.411. The lowest BCUT2D eigenvalue weighted by atomic mass is 10.1. The number of para-hydroxylation sites is 1. The molecule has 0 saturated carbocycles. The van der Waals surface area contributed by atoms with Crippen molar-refractivity contribution in [2.24, 2.45) is 0 Å². The second kappa shape index (κ2) is 38.7. The van der Waals surface area contributed by atoms with E-state index in [1.807, 2.05) is 103 Å². The highest BCUT2D eigenvalue weighted by molar-refractivity contribution is 7.99. The maximum Gasteiger partial charge on any atom is 0.122 e. The van der Waals surface area contributed by atoms with Gasteiger partial charge in [0.15, 0.2) is 0 Å². The Kier molecular flexibility index (Phi) is 30.1. The number of hydrogen-bond donors (Lipinski definition) is 0. The minimum absolute atomic E-state index is 0.956. The highest BCUT2D eigenvalue weighted by atomic mass is 32.2. The van der Waals surface area contributed by atoms with Crippen molar-refractivity contribution >= 4 is 112 Å². The van der Waals surface area contributed by atoms with Crippen molar-refractivity contribution < 1.29 is 18.9 Å². The Labute approximate surface area is 589 Å². The van der Waals surface area contributed by atoms with Crippen LogP contribution >= 0.6 is 47.0 Å². The van der Waals surface area contributed by atoms with E-state index in [1.165, 1.54) is 129 Å².